The maximum atomic E-state index is 3.44. The zero-order chi connectivity index (χ0) is 13.5. The standard InChI is InChI=1S/C16H27N3/c1-3-18-11-13-19(14-12-18)10-9-16(17-2)15-7-5-4-6-8-15/h4-8,16-17H,3,9-14H2,1-2H3. The van der Waals surface area contributed by atoms with Crippen LogP contribution in [0.4, 0.5) is 0 Å². The molecule has 0 aromatic heterocycles. The first kappa shape index (κ1) is 14.5. The number of nitrogens with zero attached hydrogens (tertiary/aromatic N) is 2. The molecule has 0 aliphatic carbocycles. The van der Waals surface area contributed by atoms with Crippen molar-refractivity contribution >= 4 is 0 Å². The van der Waals surface area contributed by atoms with Gasteiger partial charge in [-0.3, -0.25) is 0 Å². The molecular formula is C16H27N3. The van der Waals surface area contributed by atoms with Gasteiger partial charge in [-0.2, -0.15) is 0 Å². The monoisotopic (exact) mass is 261 g/mol. The van der Waals surface area contributed by atoms with Crippen molar-refractivity contribution in [2.45, 2.75) is 19.4 Å². The second-order valence-corrected chi connectivity index (χ2v) is 5.32. The van der Waals surface area contributed by atoms with Gasteiger partial charge in [0, 0.05) is 38.8 Å². The summed E-state index contributed by atoms with van der Waals surface area (Å²) in [6.45, 7) is 9.54. The van der Waals surface area contributed by atoms with Crippen LogP contribution in [0, 0.1) is 0 Å². The Labute approximate surface area is 117 Å². The molecule has 0 bridgehead atoms. The van der Waals surface area contributed by atoms with Crippen molar-refractivity contribution < 1.29 is 0 Å². The predicted molar refractivity (Wildman–Crippen MR) is 81.4 cm³/mol. The minimum absolute atomic E-state index is 0.477. The Morgan fingerprint density at radius 3 is 2.26 bits per heavy atom. The topological polar surface area (TPSA) is 18.5 Å². The third-order valence-corrected chi connectivity index (χ3v) is 4.20. The number of piperazine rings is 1. The Hall–Kier alpha value is -0.900. The molecular weight excluding hydrogens is 234 g/mol. The van der Waals surface area contributed by atoms with Crippen LogP contribution in [0.3, 0.4) is 0 Å². The lowest BCUT2D eigenvalue weighted by atomic mass is 10.0. The molecule has 1 aromatic carbocycles. The number of benzene rings is 1. The number of likely N-dealkylation sites (N-methyl/N-ethyl adjacent to an activating group) is 1. The molecule has 106 valence electrons. The molecule has 0 amide bonds. The van der Waals surface area contributed by atoms with E-state index < -0.39 is 0 Å². The van der Waals surface area contributed by atoms with Gasteiger partial charge in [-0.25, -0.2) is 0 Å². The van der Waals surface area contributed by atoms with Crippen molar-refractivity contribution in [3.05, 3.63) is 35.9 Å². The molecule has 1 N–H and O–H groups in total. The van der Waals surface area contributed by atoms with E-state index in [9.17, 15) is 0 Å². The third-order valence-electron chi connectivity index (χ3n) is 4.20. The number of rotatable bonds is 6. The van der Waals surface area contributed by atoms with Crippen LogP contribution in [-0.2, 0) is 0 Å². The van der Waals surface area contributed by atoms with Crippen molar-refractivity contribution in [2.75, 3.05) is 46.3 Å². The molecule has 1 heterocycles. The molecule has 0 saturated carbocycles. The maximum absolute atomic E-state index is 3.44. The van der Waals surface area contributed by atoms with E-state index in [0.717, 1.165) is 0 Å². The van der Waals surface area contributed by atoms with Crippen LogP contribution in [0.25, 0.3) is 0 Å². The van der Waals surface area contributed by atoms with Crippen molar-refractivity contribution in [2.24, 2.45) is 0 Å². The van der Waals surface area contributed by atoms with Crippen LogP contribution in [0.1, 0.15) is 24.9 Å². The molecule has 3 heteroatoms. The van der Waals surface area contributed by atoms with E-state index in [2.05, 4.69) is 59.4 Å². The largest absolute Gasteiger partial charge is 0.313 e. The Balaban J connectivity index is 1.78. The second-order valence-electron chi connectivity index (χ2n) is 5.32. The fourth-order valence-corrected chi connectivity index (χ4v) is 2.80. The highest BCUT2D eigenvalue weighted by Crippen LogP contribution is 2.16. The smallest absolute Gasteiger partial charge is 0.0329 e. The quantitative estimate of drug-likeness (QED) is 0.845. The first-order valence-electron chi connectivity index (χ1n) is 7.50. The van der Waals surface area contributed by atoms with Gasteiger partial charge >= 0.3 is 0 Å². The predicted octanol–water partition coefficient (Wildman–Crippen LogP) is 1.97. The van der Waals surface area contributed by atoms with E-state index in [0.29, 0.717) is 6.04 Å². The lowest BCUT2D eigenvalue weighted by Crippen LogP contribution is -2.46. The minimum Gasteiger partial charge on any atom is -0.313 e. The first-order valence-corrected chi connectivity index (χ1v) is 7.50. The van der Waals surface area contributed by atoms with Gasteiger partial charge in [0.25, 0.3) is 0 Å². The summed E-state index contributed by atoms with van der Waals surface area (Å²) in [5, 5.41) is 3.44. The van der Waals surface area contributed by atoms with Gasteiger partial charge in [0.2, 0.25) is 0 Å². The zero-order valence-electron chi connectivity index (χ0n) is 12.3. The number of nitrogens with one attached hydrogen (secondary N) is 1. The molecule has 1 fully saturated rings. The maximum Gasteiger partial charge on any atom is 0.0329 e. The van der Waals surface area contributed by atoms with E-state index in [1.54, 1.807) is 0 Å². The van der Waals surface area contributed by atoms with E-state index in [-0.39, 0.29) is 0 Å². The lowest BCUT2D eigenvalue weighted by Gasteiger charge is -2.34. The normalized spacial score (nSPS) is 19.5. The Morgan fingerprint density at radius 2 is 1.68 bits per heavy atom. The molecule has 1 aromatic rings. The molecule has 3 nitrogen and oxygen atoms in total. The van der Waals surface area contributed by atoms with Gasteiger partial charge in [0.15, 0.2) is 0 Å². The van der Waals surface area contributed by atoms with E-state index in [1.165, 1.54) is 51.3 Å². The van der Waals surface area contributed by atoms with E-state index in [1.807, 2.05) is 0 Å². The average Bonchev–Trinajstić information content (AvgIpc) is 2.49. The minimum atomic E-state index is 0.477. The summed E-state index contributed by atoms with van der Waals surface area (Å²) in [7, 11) is 2.06. The summed E-state index contributed by atoms with van der Waals surface area (Å²) in [4.78, 5) is 5.13. The molecule has 1 saturated heterocycles. The van der Waals surface area contributed by atoms with Gasteiger partial charge < -0.3 is 15.1 Å². The zero-order valence-corrected chi connectivity index (χ0v) is 12.3. The second kappa shape index (κ2) is 7.63. The lowest BCUT2D eigenvalue weighted by molar-refractivity contribution is 0.133. The fraction of sp³-hybridized carbons (Fsp3) is 0.625. The summed E-state index contributed by atoms with van der Waals surface area (Å²) in [5.41, 5.74) is 1.40. The van der Waals surface area contributed by atoms with E-state index in [4.69, 9.17) is 0 Å². The summed E-state index contributed by atoms with van der Waals surface area (Å²) in [5.74, 6) is 0. The van der Waals surface area contributed by atoms with Crippen LogP contribution in [0.2, 0.25) is 0 Å². The van der Waals surface area contributed by atoms with Crippen LogP contribution >= 0.6 is 0 Å². The molecule has 1 aliphatic heterocycles. The SMILES string of the molecule is CCN1CCN(CCC(NC)c2ccccc2)CC1. The van der Waals surface area contributed by atoms with Crippen LogP contribution in [0.5, 0.6) is 0 Å². The van der Waals surface area contributed by atoms with Gasteiger partial charge in [0.1, 0.15) is 0 Å². The summed E-state index contributed by atoms with van der Waals surface area (Å²) in [6, 6.07) is 11.2. The molecule has 2 rings (SSSR count). The van der Waals surface area contributed by atoms with Crippen molar-refractivity contribution in [3.63, 3.8) is 0 Å². The van der Waals surface area contributed by atoms with Crippen molar-refractivity contribution in [1.82, 2.24) is 15.1 Å². The fourth-order valence-electron chi connectivity index (χ4n) is 2.80. The average molecular weight is 261 g/mol. The molecule has 1 unspecified atom stereocenters. The highest BCUT2D eigenvalue weighted by molar-refractivity contribution is 5.18. The van der Waals surface area contributed by atoms with Gasteiger partial charge in [0.05, 0.1) is 0 Å². The van der Waals surface area contributed by atoms with Crippen molar-refractivity contribution in [3.8, 4) is 0 Å². The molecule has 0 spiro atoms. The van der Waals surface area contributed by atoms with Crippen LogP contribution < -0.4 is 5.32 Å². The highest BCUT2D eigenvalue weighted by Gasteiger charge is 2.17. The summed E-state index contributed by atoms with van der Waals surface area (Å²) < 4.78 is 0. The van der Waals surface area contributed by atoms with Gasteiger partial charge in [-0.1, -0.05) is 37.3 Å². The van der Waals surface area contributed by atoms with Crippen LogP contribution in [0.15, 0.2) is 30.3 Å². The molecule has 1 atom stereocenters. The molecule has 19 heavy (non-hydrogen) atoms. The third kappa shape index (κ3) is 4.30. The number of hydrogen-bond acceptors (Lipinski definition) is 3. The Morgan fingerprint density at radius 1 is 1.05 bits per heavy atom. The number of hydrogen-bond donors (Lipinski definition) is 1. The van der Waals surface area contributed by atoms with Gasteiger partial charge in [-0.05, 0) is 25.6 Å². The summed E-state index contributed by atoms with van der Waals surface area (Å²) in [6.07, 6.45) is 1.19. The van der Waals surface area contributed by atoms with Gasteiger partial charge in [-0.15, -0.1) is 0 Å². The summed E-state index contributed by atoms with van der Waals surface area (Å²) >= 11 is 0. The van der Waals surface area contributed by atoms with Crippen molar-refractivity contribution in [1.29, 1.82) is 0 Å². The molecule has 0 radical (unpaired) electrons. The Bertz CT molecular complexity index is 344. The van der Waals surface area contributed by atoms with E-state index >= 15 is 0 Å². The van der Waals surface area contributed by atoms with Crippen LogP contribution in [-0.4, -0.2) is 56.1 Å². The Kier molecular flexibility index (Phi) is 5.83. The molecule has 1 aliphatic rings. The highest BCUT2D eigenvalue weighted by atomic mass is 15.3. The first-order chi connectivity index (χ1) is 9.33.